The lowest BCUT2D eigenvalue weighted by molar-refractivity contribution is 0.0508. The van der Waals surface area contributed by atoms with Crippen LogP contribution in [0.2, 0.25) is 0 Å². The minimum atomic E-state index is -0.750. The van der Waals surface area contributed by atoms with Crippen molar-refractivity contribution >= 4 is 69.6 Å². The Morgan fingerprint density at radius 3 is 1.21 bits per heavy atom. The predicted molar refractivity (Wildman–Crippen MR) is 193 cm³/mol. The van der Waals surface area contributed by atoms with Crippen LogP contribution in [0.5, 0.6) is 0 Å². The zero-order valence-corrected chi connectivity index (χ0v) is 30.6. The molecule has 1 saturated heterocycles. The first-order valence-corrected chi connectivity index (χ1v) is 18.5. The van der Waals surface area contributed by atoms with Gasteiger partial charge in [0.1, 0.15) is 0 Å². The highest BCUT2D eigenvalue weighted by atomic mass is 35.6. The maximum Gasteiger partial charge on any atom is 0.180 e. The summed E-state index contributed by atoms with van der Waals surface area (Å²) in [7, 11) is 0. The van der Waals surface area contributed by atoms with Gasteiger partial charge in [0, 0.05) is 32.8 Å². The number of benzene rings is 4. The van der Waals surface area contributed by atoms with Gasteiger partial charge in [-0.3, -0.25) is 9.59 Å². The van der Waals surface area contributed by atoms with Crippen LogP contribution >= 0.6 is 58.0 Å². The van der Waals surface area contributed by atoms with Gasteiger partial charge in [-0.25, -0.2) is 0 Å². The van der Waals surface area contributed by atoms with Gasteiger partial charge < -0.3 is 4.74 Å². The van der Waals surface area contributed by atoms with Gasteiger partial charge in [0.15, 0.2) is 15.9 Å². The summed E-state index contributed by atoms with van der Waals surface area (Å²) < 4.78 is 5.89. The van der Waals surface area contributed by atoms with Crippen molar-refractivity contribution in [2.45, 2.75) is 60.4 Å². The first-order valence-electron chi connectivity index (χ1n) is 16.1. The molecular weight excluding hydrogens is 706 g/mol. The Balaban J connectivity index is 0.000000443. The molecule has 4 aromatic carbocycles. The summed E-state index contributed by atoms with van der Waals surface area (Å²) in [6.45, 7) is 9.91. The Morgan fingerprint density at radius 1 is 0.583 bits per heavy atom. The topological polar surface area (TPSA) is 43.4 Å². The molecule has 2 heterocycles. The van der Waals surface area contributed by atoms with Crippen molar-refractivity contribution in [2.75, 3.05) is 5.34 Å². The lowest BCUT2D eigenvalue weighted by Gasteiger charge is -2.49. The molecule has 246 valence electrons. The number of rotatable bonds is 0. The molecule has 0 N–H and O–H groups in total. The minimum Gasteiger partial charge on any atom is -0.364 e. The van der Waals surface area contributed by atoms with E-state index in [1.165, 1.54) is 33.4 Å². The number of ether oxygens (including phenoxy) is 1. The van der Waals surface area contributed by atoms with E-state index in [4.69, 9.17) is 62.7 Å². The zero-order chi connectivity index (χ0) is 34.1. The van der Waals surface area contributed by atoms with E-state index in [1.807, 2.05) is 12.1 Å². The van der Waals surface area contributed by atoms with E-state index in [9.17, 15) is 9.59 Å². The fourth-order valence-corrected chi connectivity index (χ4v) is 11.3. The maximum atomic E-state index is 13.8. The zero-order valence-electron chi connectivity index (χ0n) is 26.8. The molecule has 10 rings (SSSR count). The Bertz CT molecular complexity index is 1920. The van der Waals surface area contributed by atoms with E-state index in [1.54, 1.807) is 12.1 Å². The maximum absolute atomic E-state index is 13.8. The van der Waals surface area contributed by atoms with E-state index in [0.717, 1.165) is 11.1 Å². The van der Waals surface area contributed by atoms with Gasteiger partial charge in [-0.1, -0.05) is 147 Å². The quantitative estimate of drug-likeness (QED) is 0.169. The average Bonchev–Trinajstić information content (AvgIpc) is 3.77. The summed E-state index contributed by atoms with van der Waals surface area (Å²) in [6, 6.07) is 30.2. The van der Waals surface area contributed by atoms with E-state index < -0.39 is 16.1 Å². The van der Waals surface area contributed by atoms with Crippen LogP contribution in [0.15, 0.2) is 84.9 Å². The van der Waals surface area contributed by atoms with Crippen LogP contribution in [-0.4, -0.2) is 21.2 Å². The minimum absolute atomic E-state index is 0.0542. The average molecular weight is 739 g/mol. The number of carbonyl (C=O) groups is 2. The van der Waals surface area contributed by atoms with Gasteiger partial charge in [-0.15, -0.1) is 23.2 Å². The lowest BCUT2D eigenvalue weighted by atomic mass is 9.52. The summed E-state index contributed by atoms with van der Waals surface area (Å²) in [5.74, 6) is -0.790. The highest BCUT2D eigenvalue weighted by Crippen LogP contribution is 2.82. The molecule has 0 radical (unpaired) electrons. The SMILES string of the molecule is CC12c3ccccc3[C@@]3(C)c4cc5c(cc4[C@@](C)(c4ccccc41)C23C)[C@@H]1O[C@H]5[C@@H]2C(=O)c3ccccc3C(=O)[C@@H]21.ClC(Cl)Cl.ClCCl. The molecule has 4 aromatic rings. The number of ketones is 2. The number of hydrogen-bond donors (Lipinski definition) is 0. The third-order valence-electron chi connectivity index (χ3n) is 13.3. The largest absolute Gasteiger partial charge is 0.364 e. The summed E-state index contributed by atoms with van der Waals surface area (Å²) in [6.07, 6.45) is -0.759. The molecule has 2 aliphatic heterocycles. The monoisotopic (exact) mass is 736 g/mol. The molecule has 8 atom stereocenters. The van der Waals surface area contributed by atoms with Crippen molar-refractivity contribution in [1.82, 2.24) is 0 Å². The van der Waals surface area contributed by atoms with E-state index in [-0.39, 0.29) is 50.8 Å². The summed E-state index contributed by atoms with van der Waals surface area (Å²) in [5.41, 5.74) is 10.9. The lowest BCUT2D eigenvalue weighted by Crippen LogP contribution is -2.51. The number of Topliss-reactive ketones (excluding diaryl/α,β-unsaturated/α-hetero) is 2. The molecule has 0 aromatic heterocycles. The third-order valence-corrected chi connectivity index (χ3v) is 13.3. The Labute approximate surface area is 305 Å². The second-order valence-electron chi connectivity index (χ2n) is 14.3. The van der Waals surface area contributed by atoms with Crippen LogP contribution in [0.3, 0.4) is 0 Å². The van der Waals surface area contributed by atoms with Gasteiger partial charge in [0.2, 0.25) is 0 Å². The van der Waals surface area contributed by atoms with Crippen LogP contribution in [0, 0.1) is 17.3 Å². The van der Waals surface area contributed by atoms with Crippen LogP contribution < -0.4 is 0 Å². The van der Waals surface area contributed by atoms with Gasteiger partial charge in [-0.2, -0.15) is 0 Å². The molecule has 48 heavy (non-hydrogen) atoms. The molecule has 2 unspecified atom stereocenters. The van der Waals surface area contributed by atoms with Crippen molar-refractivity contribution in [3.05, 3.63) is 141 Å². The Kier molecular flexibility index (Phi) is 7.39. The van der Waals surface area contributed by atoms with Crippen molar-refractivity contribution in [3.8, 4) is 0 Å². The van der Waals surface area contributed by atoms with Crippen molar-refractivity contribution < 1.29 is 14.3 Å². The molecule has 6 aliphatic rings. The standard InChI is InChI=1S/C38H30O3.CHCl3.CH2Cl2/c1-35-23-13-7-9-15-25(23)36(2)27-17-21-22(18-28(27)37(3,38(35,36)4)26-16-10-8-14-24(26)35)34-30-29(33(21)41-34)31(39)19-11-5-6-12-20(19)32(30)40;2-1(3)4;2-1-3/h5-18,29-30,33-34H,1-4H3;1H;1H2/t29-,30+,33+,34-,35?,36-,37+,38?;;. The fraction of sp³-hybridized carbons (Fsp3) is 0.350. The number of halogens is 5. The molecule has 0 spiro atoms. The molecule has 2 bridgehead atoms. The number of carbonyl (C=O) groups excluding carboxylic acids is 2. The smallest absolute Gasteiger partial charge is 0.180 e. The first kappa shape index (κ1) is 32.8. The first-order chi connectivity index (χ1) is 22.8. The van der Waals surface area contributed by atoms with Gasteiger partial charge in [0.05, 0.1) is 29.4 Å². The predicted octanol–water partition coefficient (Wildman–Crippen LogP) is 10.8. The highest BCUT2D eigenvalue weighted by Gasteiger charge is 2.80. The van der Waals surface area contributed by atoms with E-state index in [0.29, 0.717) is 11.1 Å². The highest BCUT2D eigenvalue weighted by molar-refractivity contribution is 6.63. The molecular formula is C40H33Cl5O3. The van der Waals surface area contributed by atoms with Crippen LogP contribution in [-0.2, 0) is 21.0 Å². The van der Waals surface area contributed by atoms with Crippen molar-refractivity contribution in [2.24, 2.45) is 17.3 Å². The van der Waals surface area contributed by atoms with Crippen LogP contribution in [0.25, 0.3) is 0 Å². The molecule has 3 nitrogen and oxygen atoms in total. The second kappa shape index (κ2) is 10.8. The normalized spacial score (nSPS) is 34.5. The molecule has 4 aliphatic carbocycles. The van der Waals surface area contributed by atoms with Gasteiger partial charge in [0.25, 0.3) is 0 Å². The molecule has 1 fully saturated rings. The summed E-state index contributed by atoms with van der Waals surface area (Å²) in [4.78, 5) is 27.7. The number of alkyl halides is 5. The Morgan fingerprint density at radius 2 is 0.875 bits per heavy atom. The summed E-state index contributed by atoms with van der Waals surface area (Å²) in [5, 5.41) is 0.194. The molecule has 8 heteroatoms. The van der Waals surface area contributed by atoms with Crippen LogP contribution in [0.1, 0.15) is 105 Å². The van der Waals surface area contributed by atoms with E-state index in [2.05, 4.69) is 88.4 Å². The van der Waals surface area contributed by atoms with Crippen molar-refractivity contribution in [3.63, 3.8) is 0 Å². The van der Waals surface area contributed by atoms with Crippen LogP contribution in [0.4, 0.5) is 0 Å². The fourth-order valence-electron chi connectivity index (χ4n) is 11.3. The third kappa shape index (κ3) is 3.54. The van der Waals surface area contributed by atoms with Crippen molar-refractivity contribution in [1.29, 1.82) is 0 Å². The Hall–Kier alpha value is -2.37. The molecule has 0 amide bonds. The van der Waals surface area contributed by atoms with E-state index >= 15 is 0 Å². The number of hydrogen-bond acceptors (Lipinski definition) is 3. The van der Waals surface area contributed by atoms with Gasteiger partial charge >= 0.3 is 0 Å². The summed E-state index contributed by atoms with van der Waals surface area (Å²) >= 11 is 23.9. The molecule has 0 saturated carbocycles. The second-order valence-corrected chi connectivity index (χ2v) is 17.1. The number of fused-ring (bicyclic) bond motifs is 18. The van der Waals surface area contributed by atoms with Gasteiger partial charge in [-0.05, 0) is 44.5 Å².